The zero-order chi connectivity index (χ0) is 40.4. The summed E-state index contributed by atoms with van der Waals surface area (Å²) >= 11 is 0. The summed E-state index contributed by atoms with van der Waals surface area (Å²) in [7, 11) is -5.56. The fraction of sp³-hybridized carbons (Fsp3) is 0.333. The third-order valence-electron chi connectivity index (χ3n) is 8.79. The number of hydrogen-bond donors (Lipinski definition) is 1. The van der Waals surface area contributed by atoms with Crippen molar-refractivity contribution < 1.29 is 111 Å². The van der Waals surface area contributed by atoms with Gasteiger partial charge in [0, 0.05) is 0 Å². The monoisotopic (exact) mass is 828 g/mol. The molecule has 0 saturated heterocycles. The number of ether oxygens (including phenoxy) is 4. The number of nitriles is 2. The topological polar surface area (TPSA) is 219 Å². The summed E-state index contributed by atoms with van der Waals surface area (Å²) in [5.41, 5.74) is 5.02. The number of carbonyl (C=O) groups is 2. The fourth-order valence-electron chi connectivity index (χ4n) is 5.80. The fourth-order valence-corrected chi connectivity index (χ4v) is 6.66. The van der Waals surface area contributed by atoms with Gasteiger partial charge in [-0.05, 0) is 109 Å². The molecule has 4 aromatic carbocycles. The molecule has 0 aliphatic carbocycles. The van der Waals surface area contributed by atoms with Crippen LogP contribution in [0.3, 0.4) is 0 Å². The summed E-state index contributed by atoms with van der Waals surface area (Å²) in [4.78, 5) is 24.1. The van der Waals surface area contributed by atoms with Gasteiger partial charge in [-0.3, -0.25) is 4.55 Å². The number of hydrogen-bond acceptors (Lipinski definition) is 12. The van der Waals surface area contributed by atoms with Crippen molar-refractivity contribution in [2.24, 2.45) is 0 Å². The van der Waals surface area contributed by atoms with E-state index < -0.39 is 46.3 Å². The molecule has 58 heavy (non-hydrogen) atoms. The number of nitrogens with zero attached hydrogens (tertiary/aromatic N) is 2. The zero-order valence-corrected chi connectivity index (χ0v) is 37.4. The van der Waals surface area contributed by atoms with Gasteiger partial charge in [0.2, 0.25) is 5.79 Å². The minimum atomic E-state index is -5.56. The molecule has 0 fully saturated rings. The normalized spacial score (nSPS) is 11.5. The van der Waals surface area contributed by atoms with Gasteiger partial charge in [-0.2, -0.15) is 18.9 Å². The van der Waals surface area contributed by atoms with Gasteiger partial charge < -0.3 is 38.7 Å². The van der Waals surface area contributed by atoms with Gasteiger partial charge in [-0.15, -0.1) is 0 Å². The second-order valence-electron chi connectivity index (χ2n) is 12.8. The summed E-state index contributed by atoms with van der Waals surface area (Å²) in [6.45, 7) is -0.0364. The van der Waals surface area contributed by atoms with E-state index in [2.05, 4.69) is 12.1 Å². The van der Waals surface area contributed by atoms with Gasteiger partial charge in [0.1, 0.15) is 17.5 Å². The molecule has 0 heterocycles. The van der Waals surface area contributed by atoms with Gasteiger partial charge in [0.15, 0.2) is 5.25 Å². The Bertz CT molecular complexity index is 1950. The Hall–Kier alpha value is -3.77. The van der Waals surface area contributed by atoms with E-state index in [0.717, 1.165) is 22.3 Å². The van der Waals surface area contributed by atoms with Crippen LogP contribution in [0.1, 0.15) is 62.5 Å². The molecule has 1 unspecified atom stereocenters. The minimum Gasteiger partial charge on any atom is -0.548 e. The average Bonchev–Trinajstić information content (AvgIpc) is 3.19. The number of aliphatic carboxylic acids is 2. The summed E-state index contributed by atoms with van der Waals surface area (Å²) in [6.07, 6.45) is 3.92. The molecule has 4 aromatic rings. The van der Waals surface area contributed by atoms with Crippen LogP contribution < -0.4 is 78.8 Å². The smallest absolute Gasteiger partial charge is 0.548 e. The number of carbonyl (C=O) groups excluding carboxylic acids is 2. The first kappa shape index (κ1) is 50.4. The van der Waals surface area contributed by atoms with Crippen molar-refractivity contribution in [1.29, 1.82) is 10.5 Å². The number of carboxylic acid groups (broad SMARTS) is 2. The molecular weight excluding hydrogens is 787 g/mol. The van der Waals surface area contributed by atoms with Gasteiger partial charge in [0.25, 0.3) is 10.1 Å². The molecule has 294 valence electrons. The summed E-state index contributed by atoms with van der Waals surface area (Å²) in [5, 5.41) is 38.9. The molecule has 16 heteroatoms. The maximum Gasteiger partial charge on any atom is 1.00 e. The predicted molar refractivity (Wildman–Crippen MR) is 201 cm³/mol. The van der Waals surface area contributed by atoms with Crippen molar-refractivity contribution in [1.82, 2.24) is 0 Å². The summed E-state index contributed by atoms with van der Waals surface area (Å²) < 4.78 is 55.9. The van der Waals surface area contributed by atoms with E-state index >= 15 is 0 Å². The molecule has 0 aliphatic rings. The van der Waals surface area contributed by atoms with Crippen molar-refractivity contribution in [2.75, 3.05) is 26.4 Å². The molecule has 1 atom stereocenters. The van der Waals surface area contributed by atoms with Crippen molar-refractivity contribution in [3.05, 3.63) is 108 Å². The van der Waals surface area contributed by atoms with E-state index in [-0.39, 0.29) is 72.0 Å². The molecule has 0 bridgehead atoms. The molecule has 0 aromatic heterocycles. The number of carboxylic acids is 2. The second kappa shape index (κ2) is 25.7. The Morgan fingerprint density at radius 1 is 0.569 bits per heavy atom. The molecule has 0 aliphatic heterocycles. The van der Waals surface area contributed by atoms with Crippen LogP contribution in [0.4, 0.5) is 0 Å². The van der Waals surface area contributed by atoms with Crippen molar-refractivity contribution in [3.8, 4) is 45.9 Å². The molecule has 13 nitrogen and oxygen atoms in total. The Morgan fingerprint density at radius 2 is 0.879 bits per heavy atom. The van der Waals surface area contributed by atoms with Crippen LogP contribution >= 0.6 is 0 Å². The third-order valence-corrected chi connectivity index (χ3v) is 9.89. The predicted octanol–water partition coefficient (Wildman–Crippen LogP) is -1.16. The maximum atomic E-state index is 12.3. The average molecular weight is 829 g/mol. The molecule has 1 N–H and O–H groups in total. The zero-order valence-electron chi connectivity index (χ0n) is 32.6. The van der Waals surface area contributed by atoms with Crippen LogP contribution in [0.5, 0.6) is 11.5 Å². The first-order chi connectivity index (χ1) is 27.0. The van der Waals surface area contributed by atoms with E-state index in [9.17, 15) is 32.8 Å². The van der Waals surface area contributed by atoms with E-state index in [1.807, 2.05) is 72.8 Å². The van der Waals surface area contributed by atoms with E-state index in [1.165, 1.54) is 0 Å². The molecular formula is C42H42N2Na2O11S. The Morgan fingerprint density at radius 3 is 1.16 bits per heavy atom. The Kier molecular flexibility index (Phi) is 22.3. The number of benzene rings is 4. The standard InChI is InChI=1S/C42H44N2O11S.2Na/c43-29-31-9-13-33(14-10-31)35-17-21-37(22-18-35)52-25-5-1-3-7-27-54-42(41(47)48,39(40(45)46)56(49,50)51)55-28-8-4-2-6-26-53-38-23-19-36(20-24-38)34-15-11-32(30-44)12-16-34;;/h9-24,39H,1-8,25-28H2,(H,45,46)(H,47,48)(H,49,50,51);;/q;2*+1/p-2. The van der Waals surface area contributed by atoms with Gasteiger partial charge in [0.05, 0.1) is 55.7 Å². The largest absolute Gasteiger partial charge is 1.00 e. The SMILES string of the molecule is N#Cc1ccc(-c2ccc(OCCCCCCOC(OCCCCCCOc3ccc(-c4ccc(C#N)cc4)cc3)(C(=O)[O-])C(C(=O)[O-])S(=O)(=O)O)cc2)cc1.[Na+].[Na+]. The minimum absolute atomic E-state index is 0. The van der Waals surface area contributed by atoms with E-state index in [0.29, 0.717) is 74.4 Å². The van der Waals surface area contributed by atoms with Crippen LogP contribution in [0.2, 0.25) is 0 Å². The Labute approximate surface area is 383 Å². The van der Waals surface area contributed by atoms with Gasteiger partial charge >= 0.3 is 59.1 Å². The van der Waals surface area contributed by atoms with Crippen molar-refractivity contribution in [3.63, 3.8) is 0 Å². The molecule has 0 radical (unpaired) electrons. The first-order valence-electron chi connectivity index (χ1n) is 18.1. The summed E-state index contributed by atoms with van der Waals surface area (Å²) in [5.74, 6) is -6.71. The van der Waals surface area contributed by atoms with Crippen LogP contribution in [0.15, 0.2) is 97.1 Å². The number of unbranched alkanes of at least 4 members (excludes halogenated alkanes) is 6. The first-order valence-corrected chi connectivity index (χ1v) is 19.6. The number of rotatable bonds is 24. The maximum absolute atomic E-state index is 12.3. The second-order valence-corrected chi connectivity index (χ2v) is 14.3. The van der Waals surface area contributed by atoms with Crippen LogP contribution in [-0.2, 0) is 29.2 Å². The summed E-state index contributed by atoms with van der Waals surface area (Å²) in [6, 6.07) is 33.6. The molecule has 0 saturated carbocycles. The molecule has 0 amide bonds. The van der Waals surface area contributed by atoms with Crippen molar-refractivity contribution >= 4 is 22.1 Å². The molecule has 4 rings (SSSR count). The Balaban J connectivity index is 0.00000580. The van der Waals surface area contributed by atoms with E-state index in [1.54, 1.807) is 24.3 Å². The van der Waals surface area contributed by atoms with Crippen LogP contribution in [0, 0.1) is 22.7 Å². The van der Waals surface area contributed by atoms with Gasteiger partial charge in [-0.1, -0.05) is 61.4 Å². The van der Waals surface area contributed by atoms with Crippen molar-refractivity contribution in [2.45, 2.75) is 62.4 Å². The van der Waals surface area contributed by atoms with Gasteiger partial charge in [-0.25, -0.2) is 0 Å². The molecule has 0 spiro atoms. The van der Waals surface area contributed by atoms with E-state index in [4.69, 9.17) is 29.5 Å². The quantitative estimate of drug-likeness (QED) is 0.0382. The van der Waals surface area contributed by atoms with Crippen LogP contribution in [0.25, 0.3) is 22.3 Å². The third kappa shape index (κ3) is 15.4. The van der Waals surface area contributed by atoms with Crippen LogP contribution in [-0.4, -0.2) is 62.4 Å².